The quantitative estimate of drug-likeness (QED) is 0.157. The standard InChI is InChI=1S/C60H45NS/c1-59(2)25-26-60(3,4)52-35-55-49(34-51(52)59)48-28-36-15-5-6-16-37(36)31-54(48)61(55)53-32-40(27-38-17-8-10-20-43(38)53)41-30-50(58-46-23-13-14-24-56(46)62-57(58)33-41)47-29-39-18-7-9-19-42(39)44-21-11-12-22-45(44)47/h5-24,27-35H,25-26H2,1-4H3. The third-order valence-corrected chi connectivity index (χ3v) is 15.7. The van der Waals surface area contributed by atoms with E-state index >= 15 is 0 Å². The van der Waals surface area contributed by atoms with Gasteiger partial charge < -0.3 is 4.57 Å². The largest absolute Gasteiger partial charge is 0.309 e. The van der Waals surface area contributed by atoms with Crippen LogP contribution in [0.5, 0.6) is 0 Å². The summed E-state index contributed by atoms with van der Waals surface area (Å²) in [6, 6.07) is 67.0. The number of hydrogen-bond acceptors (Lipinski definition) is 1. The second kappa shape index (κ2) is 12.9. The van der Waals surface area contributed by atoms with Crippen LogP contribution in [-0.4, -0.2) is 4.57 Å². The first-order valence-corrected chi connectivity index (χ1v) is 22.9. The number of fused-ring (bicyclic) bond motifs is 12. The van der Waals surface area contributed by atoms with Crippen molar-refractivity contribution in [2.45, 2.75) is 51.4 Å². The van der Waals surface area contributed by atoms with Crippen LogP contribution in [0.4, 0.5) is 0 Å². The van der Waals surface area contributed by atoms with Gasteiger partial charge >= 0.3 is 0 Å². The molecule has 12 aromatic rings. The van der Waals surface area contributed by atoms with Crippen molar-refractivity contribution in [2.24, 2.45) is 0 Å². The molecule has 0 aliphatic heterocycles. The van der Waals surface area contributed by atoms with Gasteiger partial charge in [0.15, 0.2) is 0 Å². The van der Waals surface area contributed by atoms with Crippen molar-refractivity contribution in [1.82, 2.24) is 4.57 Å². The van der Waals surface area contributed by atoms with Gasteiger partial charge in [0.2, 0.25) is 0 Å². The van der Waals surface area contributed by atoms with Crippen molar-refractivity contribution in [3.63, 3.8) is 0 Å². The van der Waals surface area contributed by atoms with Gasteiger partial charge in [0.25, 0.3) is 0 Å². The Balaban J connectivity index is 1.14. The van der Waals surface area contributed by atoms with Gasteiger partial charge in [0.05, 0.1) is 16.7 Å². The van der Waals surface area contributed by atoms with Gasteiger partial charge in [-0.2, -0.15) is 0 Å². The lowest BCUT2D eigenvalue weighted by Gasteiger charge is -2.42. The molecule has 0 fully saturated rings. The minimum Gasteiger partial charge on any atom is -0.309 e. The maximum Gasteiger partial charge on any atom is 0.0547 e. The Morgan fingerprint density at radius 2 is 0.935 bits per heavy atom. The van der Waals surface area contributed by atoms with Gasteiger partial charge in [0, 0.05) is 36.3 Å². The summed E-state index contributed by atoms with van der Waals surface area (Å²) in [6.07, 6.45) is 2.37. The fourth-order valence-electron chi connectivity index (χ4n) is 11.2. The molecule has 0 unspecified atom stereocenters. The molecule has 1 aliphatic carbocycles. The number of aromatic nitrogens is 1. The summed E-state index contributed by atoms with van der Waals surface area (Å²) in [5, 5.41) is 15.5. The molecule has 0 saturated carbocycles. The van der Waals surface area contributed by atoms with E-state index in [0.29, 0.717) is 0 Å². The van der Waals surface area contributed by atoms with Crippen molar-refractivity contribution in [1.29, 1.82) is 0 Å². The van der Waals surface area contributed by atoms with E-state index in [1.54, 1.807) is 0 Å². The molecule has 0 atom stereocenters. The first kappa shape index (κ1) is 36.0. The SMILES string of the molecule is CC1(C)CCC(C)(C)c2cc3c(cc21)c1cc2ccccc2cc1n3-c1cc(-c2cc(-c3cc4ccccc4c4ccccc34)c3c(c2)sc2ccccc23)cc2ccccc12. The Morgan fingerprint density at radius 1 is 0.387 bits per heavy atom. The van der Waals surface area contributed by atoms with Gasteiger partial charge in [-0.1, -0.05) is 143 Å². The summed E-state index contributed by atoms with van der Waals surface area (Å²) in [5.41, 5.74) is 11.9. The topological polar surface area (TPSA) is 4.93 Å². The molecule has 0 radical (unpaired) electrons. The van der Waals surface area contributed by atoms with Crippen molar-refractivity contribution in [2.75, 3.05) is 0 Å². The van der Waals surface area contributed by atoms with Crippen LogP contribution in [0.15, 0.2) is 176 Å². The molecule has 62 heavy (non-hydrogen) atoms. The van der Waals surface area contributed by atoms with E-state index < -0.39 is 0 Å². The molecule has 0 spiro atoms. The smallest absolute Gasteiger partial charge is 0.0547 e. The Bertz CT molecular complexity index is 3870. The molecule has 1 aliphatic rings. The van der Waals surface area contributed by atoms with Gasteiger partial charge in [-0.05, 0) is 155 Å². The maximum atomic E-state index is 2.61. The average Bonchev–Trinajstić information content (AvgIpc) is 3.83. The first-order valence-electron chi connectivity index (χ1n) is 22.1. The highest BCUT2D eigenvalue weighted by atomic mass is 32.1. The Labute approximate surface area is 365 Å². The van der Waals surface area contributed by atoms with Crippen LogP contribution < -0.4 is 0 Å². The third kappa shape index (κ3) is 5.20. The van der Waals surface area contributed by atoms with Crippen molar-refractivity contribution in [3.05, 3.63) is 187 Å². The monoisotopic (exact) mass is 811 g/mol. The van der Waals surface area contributed by atoms with E-state index in [2.05, 4.69) is 208 Å². The van der Waals surface area contributed by atoms with Crippen molar-refractivity contribution < 1.29 is 0 Å². The van der Waals surface area contributed by atoms with E-state index in [1.165, 1.54) is 137 Å². The highest BCUT2D eigenvalue weighted by Crippen LogP contribution is 2.50. The lowest BCUT2D eigenvalue weighted by Crippen LogP contribution is -2.33. The molecule has 0 amide bonds. The zero-order chi connectivity index (χ0) is 41.5. The van der Waals surface area contributed by atoms with Gasteiger partial charge in [-0.15, -0.1) is 11.3 Å². The van der Waals surface area contributed by atoms with E-state index in [-0.39, 0.29) is 10.8 Å². The lowest BCUT2D eigenvalue weighted by atomic mass is 9.63. The molecule has 1 nitrogen and oxygen atoms in total. The zero-order valence-corrected chi connectivity index (χ0v) is 36.3. The molecular formula is C60H45NS. The molecule has 2 aromatic heterocycles. The average molecular weight is 812 g/mol. The summed E-state index contributed by atoms with van der Waals surface area (Å²) in [6.45, 7) is 9.79. The number of rotatable bonds is 3. The predicted molar refractivity (Wildman–Crippen MR) is 270 cm³/mol. The molecule has 10 aromatic carbocycles. The normalized spacial score (nSPS) is 14.9. The lowest BCUT2D eigenvalue weighted by molar-refractivity contribution is 0.332. The Morgan fingerprint density at radius 3 is 1.69 bits per heavy atom. The van der Waals surface area contributed by atoms with Crippen LogP contribution in [-0.2, 0) is 10.8 Å². The van der Waals surface area contributed by atoms with Gasteiger partial charge in [-0.3, -0.25) is 0 Å². The Kier molecular flexibility index (Phi) is 7.48. The minimum atomic E-state index is 0.0813. The van der Waals surface area contributed by atoms with Crippen molar-refractivity contribution >= 4 is 96.4 Å². The molecule has 13 rings (SSSR count). The van der Waals surface area contributed by atoms with Gasteiger partial charge in [-0.25, -0.2) is 0 Å². The summed E-state index contributed by atoms with van der Waals surface area (Å²) < 4.78 is 5.24. The highest BCUT2D eigenvalue weighted by molar-refractivity contribution is 7.26. The Hall–Kier alpha value is -6.74. The maximum absolute atomic E-state index is 2.61. The fraction of sp³-hybridized carbons (Fsp3) is 0.133. The van der Waals surface area contributed by atoms with E-state index in [0.717, 1.165) is 0 Å². The summed E-state index contributed by atoms with van der Waals surface area (Å²) in [7, 11) is 0. The third-order valence-electron chi connectivity index (χ3n) is 14.6. The molecular weight excluding hydrogens is 767 g/mol. The highest BCUT2D eigenvalue weighted by Gasteiger charge is 2.38. The number of nitrogens with zero attached hydrogens (tertiary/aromatic N) is 1. The molecule has 2 heteroatoms. The number of thiophene rings is 1. The van der Waals surface area contributed by atoms with Crippen LogP contribution in [0.2, 0.25) is 0 Å². The second-order valence-electron chi connectivity index (χ2n) is 19.1. The summed E-state index contributed by atoms with van der Waals surface area (Å²) in [4.78, 5) is 0. The molecule has 296 valence electrons. The van der Waals surface area contributed by atoms with Crippen LogP contribution in [0.25, 0.3) is 113 Å². The molecule has 2 heterocycles. The fourth-order valence-corrected chi connectivity index (χ4v) is 12.3. The van der Waals surface area contributed by atoms with Crippen molar-refractivity contribution in [3.8, 4) is 27.9 Å². The van der Waals surface area contributed by atoms with Crippen LogP contribution in [0.1, 0.15) is 51.7 Å². The van der Waals surface area contributed by atoms with E-state index in [1.807, 2.05) is 11.3 Å². The number of benzene rings is 10. The van der Waals surface area contributed by atoms with Crippen LogP contribution in [0.3, 0.4) is 0 Å². The minimum absolute atomic E-state index is 0.0813. The second-order valence-corrected chi connectivity index (χ2v) is 20.2. The molecule has 0 saturated heterocycles. The van der Waals surface area contributed by atoms with E-state index in [4.69, 9.17) is 0 Å². The van der Waals surface area contributed by atoms with Crippen LogP contribution in [0, 0.1) is 0 Å². The van der Waals surface area contributed by atoms with Crippen LogP contribution >= 0.6 is 11.3 Å². The zero-order valence-electron chi connectivity index (χ0n) is 35.5. The predicted octanol–water partition coefficient (Wildman–Crippen LogP) is 17.4. The number of hydrogen-bond donors (Lipinski definition) is 0. The summed E-state index contributed by atoms with van der Waals surface area (Å²) in [5.74, 6) is 0. The van der Waals surface area contributed by atoms with E-state index in [9.17, 15) is 0 Å². The molecule has 0 bridgehead atoms. The molecule has 0 N–H and O–H groups in total. The first-order chi connectivity index (χ1) is 30.2. The van der Waals surface area contributed by atoms with Gasteiger partial charge in [0.1, 0.15) is 0 Å². The summed E-state index contributed by atoms with van der Waals surface area (Å²) >= 11 is 1.91.